The number of amides is 2. The summed E-state index contributed by atoms with van der Waals surface area (Å²) in [6, 6.07) is 10.1. The molecule has 9 heteroatoms. The van der Waals surface area contributed by atoms with E-state index >= 15 is 0 Å². The quantitative estimate of drug-likeness (QED) is 0.250. The molecule has 2 aliphatic heterocycles. The molecule has 0 radical (unpaired) electrons. The number of benzene rings is 2. The Morgan fingerprint density at radius 3 is 2.43 bits per heavy atom. The number of carbonyl (C=O) groups excluding carboxylic acids is 2. The highest BCUT2D eigenvalue weighted by atomic mass is 16.5. The number of nitrogens with zero attached hydrogens (tertiary/aromatic N) is 1. The van der Waals surface area contributed by atoms with Crippen molar-refractivity contribution in [3.8, 4) is 5.75 Å². The van der Waals surface area contributed by atoms with Crippen molar-refractivity contribution < 1.29 is 29.6 Å². The normalized spacial score (nSPS) is 21.0. The van der Waals surface area contributed by atoms with Crippen molar-refractivity contribution in [2.45, 2.75) is 97.5 Å². The van der Waals surface area contributed by atoms with E-state index in [-0.39, 0.29) is 24.2 Å². The molecule has 9 nitrogen and oxygen atoms in total. The molecule has 0 aromatic heterocycles. The van der Waals surface area contributed by atoms with E-state index in [0.29, 0.717) is 37.9 Å². The molecule has 4 rings (SSSR count). The van der Waals surface area contributed by atoms with Crippen LogP contribution in [-0.2, 0) is 27.2 Å². The topological polar surface area (TPSA) is 131 Å². The molecule has 46 heavy (non-hydrogen) atoms. The molecule has 2 fully saturated rings. The number of rotatable bonds is 11. The van der Waals surface area contributed by atoms with E-state index in [2.05, 4.69) is 36.6 Å². The summed E-state index contributed by atoms with van der Waals surface area (Å²) in [6.45, 7) is 14.0. The lowest BCUT2D eigenvalue weighted by molar-refractivity contribution is -0.142. The largest absolute Gasteiger partial charge is 0.508 e. The first-order valence-electron chi connectivity index (χ1n) is 16.6. The molecule has 0 saturated carbocycles. The maximum absolute atomic E-state index is 13.3. The number of hydrogen-bond donors (Lipinski definition) is 5. The van der Waals surface area contributed by atoms with E-state index in [4.69, 9.17) is 4.74 Å². The van der Waals surface area contributed by atoms with Crippen LogP contribution in [0.4, 0.5) is 0 Å². The number of aliphatic hydroxyl groups is 2. The Hall–Kier alpha value is -3.24. The monoisotopic (exact) mass is 635 g/mol. The van der Waals surface area contributed by atoms with E-state index in [1.165, 1.54) is 0 Å². The van der Waals surface area contributed by atoms with E-state index < -0.39 is 29.3 Å². The number of aryl methyl sites for hydroxylation is 2. The maximum atomic E-state index is 13.3. The smallest absolute Gasteiger partial charge is 0.247 e. The highest BCUT2D eigenvalue weighted by Gasteiger charge is 2.37. The van der Waals surface area contributed by atoms with Crippen molar-refractivity contribution in [1.82, 2.24) is 15.5 Å². The molecule has 2 aromatic carbocycles. The van der Waals surface area contributed by atoms with Crippen LogP contribution in [0.1, 0.15) is 93.4 Å². The van der Waals surface area contributed by atoms with Crippen molar-refractivity contribution in [3.05, 3.63) is 69.8 Å². The van der Waals surface area contributed by atoms with Gasteiger partial charge >= 0.3 is 0 Å². The fraction of sp³-hybridized carbons (Fsp3) is 0.568. The van der Waals surface area contributed by atoms with Crippen LogP contribution in [-0.4, -0.2) is 82.6 Å². The minimum atomic E-state index is -1.01. The molecular formula is C37H53N3O6. The van der Waals surface area contributed by atoms with Gasteiger partial charge in [-0.2, -0.15) is 0 Å². The van der Waals surface area contributed by atoms with Gasteiger partial charge in [-0.1, -0.05) is 43.7 Å². The number of phenolic OH excluding ortho intramolecular Hbond substituents is 1. The molecule has 0 bridgehead atoms. The summed E-state index contributed by atoms with van der Waals surface area (Å²) >= 11 is 0. The summed E-state index contributed by atoms with van der Waals surface area (Å²) < 4.78 is 6.03. The molecule has 0 aliphatic carbocycles. The van der Waals surface area contributed by atoms with E-state index in [9.17, 15) is 24.9 Å². The third-order valence-corrected chi connectivity index (χ3v) is 9.19. The first-order chi connectivity index (χ1) is 21.7. The molecule has 2 saturated heterocycles. The second kappa shape index (κ2) is 15.1. The number of piperazine rings is 1. The summed E-state index contributed by atoms with van der Waals surface area (Å²) in [5.74, 6) is -0.130. The summed E-state index contributed by atoms with van der Waals surface area (Å²) in [7, 11) is 0. The Labute approximate surface area is 274 Å². The lowest BCUT2D eigenvalue weighted by Gasteiger charge is -2.36. The van der Waals surface area contributed by atoms with Gasteiger partial charge in [0.05, 0.1) is 30.3 Å². The minimum absolute atomic E-state index is 0.0746. The number of phenols is 1. The van der Waals surface area contributed by atoms with Crippen LogP contribution >= 0.6 is 0 Å². The number of hydrogen-bond acceptors (Lipinski definition) is 7. The molecule has 3 unspecified atom stereocenters. The maximum Gasteiger partial charge on any atom is 0.247 e. The SMILES string of the molecule is CCCc1cc(O)c(C2CC(O)CC(CO)O2)cc1Cc1ccc(C=CC(C)(C)C(=O)NC(C)(C)C(=O)N2CCNCC2)cc1C. The summed E-state index contributed by atoms with van der Waals surface area (Å²) in [5, 5.41) is 37.2. The standard InChI is InChI=1S/C37H53N3O6/c1-7-8-27-20-32(43)31(33-22-29(42)21-30(23-41)46-33)19-28(27)18-26-10-9-25(17-24(26)2)11-12-36(3,4)34(44)39-37(5,6)35(45)40-15-13-38-14-16-40/h9-12,17,19-20,29-30,33,38,41-43H,7-8,13-16,18,21-23H2,1-6H3,(H,39,44). The minimum Gasteiger partial charge on any atom is -0.508 e. The molecule has 2 heterocycles. The van der Waals surface area contributed by atoms with Gasteiger partial charge in [-0.05, 0) is 87.4 Å². The van der Waals surface area contributed by atoms with Gasteiger partial charge in [0.1, 0.15) is 11.3 Å². The van der Waals surface area contributed by atoms with Gasteiger partial charge < -0.3 is 35.6 Å². The molecule has 0 spiro atoms. The predicted octanol–water partition coefficient (Wildman–Crippen LogP) is 4.18. The Morgan fingerprint density at radius 2 is 1.78 bits per heavy atom. The third kappa shape index (κ3) is 8.76. The Kier molecular flexibility index (Phi) is 11.7. The van der Waals surface area contributed by atoms with E-state index in [1.54, 1.807) is 18.7 Å². The first kappa shape index (κ1) is 35.6. The second-order valence-corrected chi connectivity index (χ2v) is 14.0. The predicted molar refractivity (Wildman–Crippen MR) is 181 cm³/mol. The van der Waals surface area contributed by atoms with Crippen LogP contribution in [0, 0.1) is 12.3 Å². The first-order valence-corrected chi connectivity index (χ1v) is 16.6. The van der Waals surface area contributed by atoms with Gasteiger partial charge in [0.2, 0.25) is 11.8 Å². The van der Waals surface area contributed by atoms with Gasteiger partial charge in [-0.25, -0.2) is 0 Å². The van der Waals surface area contributed by atoms with Crippen molar-refractivity contribution >= 4 is 17.9 Å². The lowest BCUT2D eigenvalue weighted by Crippen LogP contribution is -2.60. The van der Waals surface area contributed by atoms with Crippen LogP contribution in [0.2, 0.25) is 0 Å². The Balaban J connectivity index is 1.48. The number of nitrogens with one attached hydrogen (secondary N) is 2. The fourth-order valence-corrected chi connectivity index (χ4v) is 6.30. The molecule has 2 aliphatic rings. The highest BCUT2D eigenvalue weighted by molar-refractivity contribution is 5.93. The number of aromatic hydroxyl groups is 1. The molecular weight excluding hydrogens is 582 g/mol. The van der Waals surface area contributed by atoms with Crippen molar-refractivity contribution in [1.29, 1.82) is 0 Å². The molecule has 2 amide bonds. The Bertz CT molecular complexity index is 1410. The van der Waals surface area contributed by atoms with Crippen molar-refractivity contribution in [3.63, 3.8) is 0 Å². The van der Waals surface area contributed by atoms with Crippen LogP contribution in [0.5, 0.6) is 5.75 Å². The lowest BCUT2D eigenvalue weighted by atomic mass is 9.88. The van der Waals surface area contributed by atoms with Crippen LogP contribution in [0.15, 0.2) is 36.4 Å². The molecule has 2 aromatic rings. The zero-order valence-corrected chi connectivity index (χ0v) is 28.4. The van der Waals surface area contributed by atoms with Crippen LogP contribution in [0.3, 0.4) is 0 Å². The summed E-state index contributed by atoms with van der Waals surface area (Å²) in [4.78, 5) is 28.2. The summed E-state index contributed by atoms with van der Waals surface area (Å²) in [5.41, 5.74) is 4.19. The third-order valence-electron chi connectivity index (χ3n) is 9.19. The fourth-order valence-electron chi connectivity index (χ4n) is 6.30. The average molecular weight is 636 g/mol. The zero-order chi connectivity index (χ0) is 33.6. The van der Waals surface area contributed by atoms with Crippen LogP contribution < -0.4 is 10.6 Å². The molecule has 252 valence electrons. The molecule has 3 atom stereocenters. The highest BCUT2D eigenvalue weighted by Crippen LogP contribution is 2.38. The number of ether oxygens (including phenoxy) is 1. The van der Waals surface area contributed by atoms with E-state index in [1.807, 2.05) is 44.2 Å². The number of aliphatic hydroxyl groups excluding tert-OH is 2. The Morgan fingerprint density at radius 1 is 1.07 bits per heavy atom. The van der Waals surface area contributed by atoms with Gasteiger partial charge in [0.25, 0.3) is 0 Å². The van der Waals surface area contributed by atoms with Gasteiger partial charge in [0.15, 0.2) is 0 Å². The van der Waals surface area contributed by atoms with E-state index in [0.717, 1.165) is 53.7 Å². The van der Waals surface area contributed by atoms with Gasteiger partial charge in [-0.3, -0.25) is 9.59 Å². The van der Waals surface area contributed by atoms with Gasteiger partial charge in [-0.15, -0.1) is 0 Å². The second-order valence-electron chi connectivity index (χ2n) is 14.0. The van der Waals surface area contributed by atoms with Crippen LogP contribution in [0.25, 0.3) is 6.08 Å². The number of carbonyl (C=O) groups is 2. The average Bonchev–Trinajstić information content (AvgIpc) is 3.01. The van der Waals surface area contributed by atoms with Gasteiger partial charge in [0, 0.05) is 44.6 Å². The molecule has 5 N–H and O–H groups in total. The van der Waals surface area contributed by atoms with Crippen molar-refractivity contribution in [2.24, 2.45) is 5.41 Å². The zero-order valence-electron chi connectivity index (χ0n) is 28.4. The summed E-state index contributed by atoms with van der Waals surface area (Å²) in [6.07, 6.45) is 5.46. The van der Waals surface area contributed by atoms with Crippen molar-refractivity contribution in [2.75, 3.05) is 32.8 Å².